The molecule has 0 unspecified atom stereocenters. The zero-order valence-corrected chi connectivity index (χ0v) is 15.0. The van der Waals surface area contributed by atoms with Crippen LogP contribution in [-0.4, -0.2) is 53.9 Å². The average Bonchev–Trinajstić information content (AvgIpc) is 2.63. The number of halogens is 1. The Morgan fingerprint density at radius 1 is 1.28 bits per heavy atom. The summed E-state index contributed by atoms with van der Waals surface area (Å²) in [5, 5.41) is 1.09. The molecule has 7 nitrogen and oxygen atoms in total. The fourth-order valence-electron chi connectivity index (χ4n) is 2.86. The molecule has 1 aliphatic heterocycles. The highest BCUT2D eigenvalue weighted by Gasteiger charge is 2.25. The predicted molar refractivity (Wildman–Crippen MR) is 93.3 cm³/mol. The summed E-state index contributed by atoms with van der Waals surface area (Å²) < 4.78 is 16.6. The normalized spacial score (nSPS) is 15.2. The highest BCUT2D eigenvalue weighted by molar-refractivity contribution is 6.34. The summed E-state index contributed by atoms with van der Waals surface area (Å²) in [6.45, 7) is 3.62. The second kappa shape index (κ2) is 7.74. The van der Waals surface area contributed by atoms with Crippen LogP contribution in [-0.2, 0) is 4.74 Å². The average molecular weight is 366 g/mol. The van der Waals surface area contributed by atoms with Gasteiger partial charge in [-0.05, 0) is 13.0 Å². The number of carbonyl (C=O) groups is 1. The molecule has 2 heterocycles. The summed E-state index contributed by atoms with van der Waals surface area (Å²) in [6, 6.07) is 3.63. The number of piperidine rings is 1. The van der Waals surface area contributed by atoms with E-state index in [1.165, 1.54) is 13.4 Å². The van der Waals surface area contributed by atoms with E-state index in [1.54, 1.807) is 4.90 Å². The Hall–Kier alpha value is -2.28. The van der Waals surface area contributed by atoms with Gasteiger partial charge in [-0.3, -0.25) is 0 Å². The summed E-state index contributed by atoms with van der Waals surface area (Å²) in [5.41, 5.74) is 0.705. The van der Waals surface area contributed by atoms with Crippen LogP contribution in [0.1, 0.15) is 19.8 Å². The third kappa shape index (κ3) is 3.87. The van der Waals surface area contributed by atoms with Crippen LogP contribution in [0.3, 0.4) is 0 Å². The van der Waals surface area contributed by atoms with E-state index in [2.05, 4.69) is 9.97 Å². The van der Waals surface area contributed by atoms with Crippen molar-refractivity contribution in [2.24, 2.45) is 0 Å². The van der Waals surface area contributed by atoms with E-state index in [0.717, 1.165) is 18.2 Å². The molecule has 25 heavy (non-hydrogen) atoms. The molecule has 0 bridgehead atoms. The molecule has 0 radical (unpaired) electrons. The molecule has 0 spiro atoms. The number of nitrogens with zero attached hydrogens (tertiary/aromatic N) is 3. The molecule has 1 aromatic carbocycles. The third-order valence-corrected chi connectivity index (χ3v) is 4.42. The topological polar surface area (TPSA) is 73.8 Å². The van der Waals surface area contributed by atoms with Crippen molar-refractivity contribution in [2.45, 2.75) is 25.9 Å². The zero-order valence-electron chi connectivity index (χ0n) is 14.2. The molecule has 1 fully saturated rings. The first kappa shape index (κ1) is 17.5. The van der Waals surface area contributed by atoms with Gasteiger partial charge in [0, 0.05) is 37.4 Å². The third-order valence-electron chi connectivity index (χ3n) is 4.12. The van der Waals surface area contributed by atoms with Crippen molar-refractivity contribution in [3.8, 4) is 11.5 Å². The predicted octanol–water partition coefficient (Wildman–Crippen LogP) is 3.29. The van der Waals surface area contributed by atoms with Crippen molar-refractivity contribution in [3.05, 3.63) is 23.6 Å². The van der Waals surface area contributed by atoms with Gasteiger partial charge in [0.2, 0.25) is 0 Å². The van der Waals surface area contributed by atoms with E-state index >= 15 is 0 Å². The highest BCUT2D eigenvalue weighted by atomic mass is 35.5. The lowest BCUT2D eigenvalue weighted by atomic mass is 10.1. The molecule has 1 amide bonds. The Kier molecular flexibility index (Phi) is 5.43. The summed E-state index contributed by atoms with van der Waals surface area (Å²) >= 11 is 6.17. The number of amides is 1. The monoisotopic (exact) mass is 365 g/mol. The smallest absolute Gasteiger partial charge is 0.409 e. The SMILES string of the molecule is CCOc1cc2ncnc(Cl)c2cc1OC1CCN(C(=O)OC)CC1. The van der Waals surface area contributed by atoms with E-state index < -0.39 is 0 Å². The van der Waals surface area contributed by atoms with Gasteiger partial charge >= 0.3 is 6.09 Å². The maximum atomic E-state index is 11.6. The molecule has 1 saturated heterocycles. The summed E-state index contributed by atoms with van der Waals surface area (Å²) in [7, 11) is 1.39. The lowest BCUT2D eigenvalue weighted by Gasteiger charge is -2.31. The fraction of sp³-hybridized carbons (Fsp3) is 0.471. The lowest BCUT2D eigenvalue weighted by Crippen LogP contribution is -2.41. The number of carbonyl (C=O) groups excluding carboxylic acids is 1. The minimum absolute atomic E-state index is 0.0130. The van der Waals surface area contributed by atoms with Crippen LogP contribution in [0.4, 0.5) is 4.79 Å². The molecule has 0 saturated carbocycles. The number of rotatable bonds is 4. The second-order valence-electron chi connectivity index (χ2n) is 5.69. The quantitative estimate of drug-likeness (QED) is 0.774. The standard InChI is InChI=1S/C17H20ClN3O4/c1-3-24-14-9-13-12(16(18)20-10-19-13)8-15(14)25-11-4-6-21(7-5-11)17(22)23-2/h8-11H,3-7H2,1-2H3. The van der Waals surface area contributed by atoms with Crippen LogP contribution in [0.2, 0.25) is 5.15 Å². The molecule has 1 aromatic heterocycles. The van der Waals surface area contributed by atoms with Gasteiger partial charge in [-0.1, -0.05) is 11.6 Å². The van der Waals surface area contributed by atoms with Crippen LogP contribution in [0, 0.1) is 0 Å². The van der Waals surface area contributed by atoms with Crippen molar-refractivity contribution < 1.29 is 19.0 Å². The van der Waals surface area contributed by atoms with Gasteiger partial charge < -0.3 is 19.1 Å². The van der Waals surface area contributed by atoms with Crippen LogP contribution in [0.15, 0.2) is 18.5 Å². The first-order valence-electron chi connectivity index (χ1n) is 8.19. The lowest BCUT2D eigenvalue weighted by molar-refractivity contribution is 0.0776. The number of hydrogen-bond acceptors (Lipinski definition) is 6. The van der Waals surface area contributed by atoms with Crippen molar-refractivity contribution in [1.82, 2.24) is 14.9 Å². The van der Waals surface area contributed by atoms with Gasteiger partial charge in [-0.2, -0.15) is 0 Å². The van der Waals surface area contributed by atoms with E-state index in [-0.39, 0.29) is 12.2 Å². The minimum Gasteiger partial charge on any atom is -0.490 e. The molecule has 1 aliphatic rings. The van der Waals surface area contributed by atoms with Crippen molar-refractivity contribution in [1.29, 1.82) is 0 Å². The van der Waals surface area contributed by atoms with Crippen LogP contribution < -0.4 is 9.47 Å². The molecule has 134 valence electrons. The number of methoxy groups -OCH3 is 1. The molecule has 2 aromatic rings. The summed E-state index contributed by atoms with van der Waals surface area (Å²) in [5.74, 6) is 1.24. The first-order chi connectivity index (χ1) is 12.1. The van der Waals surface area contributed by atoms with Crippen LogP contribution in [0.25, 0.3) is 10.9 Å². The second-order valence-corrected chi connectivity index (χ2v) is 6.05. The zero-order chi connectivity index (χ0) is 17.8. The Bertz CT molecular complexity index is 763. The number of fused-ring (bicyclic) bond motifs is 1. The fourth-order valence-corrected chi connectivity index (χ4v) is 3.05. The Labute approximate surface area is 150 Å². The van der Waals surface area contributed by atoms with Crippen LogP contribution >= 0.6 is 11.6 Å². The Morgan fingerprint density at radius 3 is 2.72 bits per heavy atom. The van der Waals surface area contributed by atoms with Gasteiger partial charge in [0.25, 0.3) is 0 Å². The molecule has 3 rings (SSSR count). The van der Waals surface area contributed by atoms with Crippen LogP contribution in [0.5, 0.6) is 11.5 Å². The van der Waals surface area contributed by atoms with Crippen molar-refractivity contribution in [2.75, 3.05) is 26.8 Å². The molecule has 0 atom stereocenters. The largest absolute Gasteiger partial charge is 0.490 e. The highest BCUT2D eigenvalue weighted by Crippen LogP contribution is 2.35. The van der Waals surface area contributed by atoms with E-state index in [1.807, 2.05) is 19.1 Å². The van der Waals surface area contributed by atoms with Gasteiger partial charge in [0.1, 0.15) is 17.6 Å². The van der Waals surface area contributed by atoms with Gasteiger partial charge in [-0.15, -0.1) is 0 Å². The Balaban J connectivity index is 1.79. The first-order valence-corrected chi connectivity index (χ1v) is 8.56. The molecule has 8 heteroatoms. The number of aromatic nitrogens is 2. The maximum absolute atomic E-state index is 11.6. The van der Waals surface area contributed by atoms with Gasteiger partial charge in [-0.25, -0.2) is 14.8 Å². The van der Waals surface area contributed by atoms with E-state index in [4.69, 9.17) is 25.8 Å². The number of ether oxygens (including phenoxy) is 3. The van der Waals surface area contributed by atoms with E-state index in [9.17, 15) is 4.79 Å². The van der Waals surface area contributed by atoms with Gasteiger partial charge in [0.05, 0.1) is 19.2 Å². The number of likely N-dealkylation sites (tertiary alicyclic amines) is 1. The summed E-state index contributed by atoms with van der Waals surface area (Å²) in [6.07, 6.45) is 2.54. The van der Waals surface area contributed by atoms with Gasteiger partial charge in [0.15, 0.2) is 11.5 Å². The Morgan fingerprint density at radius 2 is 2.04 bits per heavy atom. The molecular formula is C17H20ClN3O4. The maximum Gasteiger partial charge on any atom is 0.409 e. The van der Waals surface area contributed by atoms with Crippen molar-refractivity contribution in [3.63, 3.8) is 0 Å². The van der Waals surface area contributed by atoms with Crippen molar-refractivity contribution >= 4 is 28.6 Å². The number of benzene rings is 1. The molecular weight excluding hydrogens is 346 g/mol. The summed E-state index contributed by atoms with van der Waals surface area (Å²) in [4.78, 5) is 21.5. The minimum atomic E-state index is -0.303. The van der Waals surface area contributed by atoms with E-state index in [0.29, 0.717) is 41.9 Å². The molecule has 0 aliphatic carbocycles. The molecule has 0 N–H and O–H groups in total. The number of hydrogen-bond donors (Lipinski definition) is 0.